The van der Waals surface area contributed by atoms with Gasteiger partial charge in [0.15, 0.2) is 0 Å². The van der Waals surface area contributed by atoms with E-state index in [1.165, 1.54) is 0 Å². The van der Waals surface area contributed by atoms with Crippen LogP contribution in [-0.4, -0.2) is 31.6 Å². The normalized spacial score (nSPS) is 10.4. The molecule has 0 spiro atoms. The highest BCUT2D eigenvalue weighted by Crippen LogP contribution is 2.18. The summed E-state index contributed by atoms with van der Waals surface area (Å²) in [6.45, 7) is 5.48. The van der Waals surface area contributed by atoms with E-state index in [4.69, 9.17) is 9.47 Å². The van der Waals surface area contributed by atoms with Crippen molar-refractivity contribution in [3.63, 3.8) is 0 Å². The second-order valence-corrected chi connectivity index (χ2v) is 6.87. The van der Waals surface area contributed by atoms with E-state index < -0.39 is 0 Å². The van der Waals surface area contributed by atoms with Gasteiger partial charge in [0.1, 0.15) is 12.4 Å². The first-order valence-corrected chi connectivity index (χ1v) is 10.2. The van der Waals surface area contributed by atoms with Crippen molar-refractivity contribution >= 4 is 23.2 Å². The number of ether oxygens (including phenoxy) is 2. The third-order valence-electron chi connectivity index (χ3n) is 4.61. The highest BCUT2D eigenvalue weighted by molar-refractivity contribution is 6.06. The van der Waals surface area contributed by atoms with Gasteiger partial charge >= 0.3 is 0 Å². The van der Waals surface area contributed by atoms with Crippen LogP contribution in [0, 0.1) is 6.92 Å². The molecule has 6 nitrogen and oxygen atoms in total. The first-order valence-electron chi connectivity index (χ1n) is 10.2. The molecule has 6 heteroatoms. The summed E-state index contributed by atoms with van der Waals surface area (Å²) in [7, 11) is 0. The van der Waals surface area contributed by atoms with Crippen LogP contribution < -0.4 is 15.4 Å². The fourth-order valence-electron chi connectivity index (χ4n) is 2.93. The van der Waals surface area contributed by atoms with E-state index in [1.54, 1.807) is 54.6 Å². The number of carbonyl (C=O) groups is 2. The van der Waals surface area contributed by atoms with Gasteiger partial charge in [0, 0.05) is 29.1 Å². The Bertz CT molecular complexity index is 1010. The van der Waals surface area contributed by atoms with Crippen LogP contribution in [0.3, 0.4) is 0 Å². The zero-order valence-electron chi connectivity index (χ0n) is 17.7. The largest absolute Gasteiger partial charge is 0.491 e. The van der Waals surface area contributed by atoms with Crippen molar-refractivity contribution in [1.29, 1.82) is 0 Å². The van der Waals surface area contributed by atoms with E-state index in [2.05, 4.69) is 10.6 Å². The van der Waals surface area contributed by atoms with E-state index in [9.17, 15) is 9.59 Å². The van der Waals surface area contributed by atoms with Gasteiger partial charge in [-0.05, 0) is 74.0 Å². The van der Waals surface area contributed by atoms with Gasteiger partial charge in [-0.3, -0.25) is 9.59 Å². The van der Waals surface area contributed by atoms with E-state index in [-0.39, 0.29) is 11.8 Å². The average Bonchev–Trinajstić information content (AvgIpc) is 2.78. The molecule has 160 valence electrons. The maximum atomic E-state index is 12.5. The van der Waals surface area contributed by atoms with Crippen LogP contribution in [0.4, 0.5) is 11.4 Å². The maximum absolute atomic E-state index is 12.5. The van der Waals surface area contributed by atoms with Crippen LogP contribution in [-0.2, 0) is 4.74 Å². The van der Waals surface area contributed by atoms with Gasteiger partial charge in [0.05, 0.1) is 6.61 Å². The number of anilines is 2. The Hall–Kier alpha value is -3.64. The summed E-state index contributed by atoms with van der Waals surface area (Å²) in [5.74, 6) is 0.293. The Balaban J connectivity index is 1.54. The van der Waals surface area contributed by atoms with Crippen LogP contribution in [0.25, 0.3) is 0 Å². The molecule has 0 aliphatic rings. The van der Waals surface area contributed by atoms with Crippen molar-refractivity contribution in [3.8, 4) is 5.75 Å². The van der Waals surface area contributed by atoms with Crippen LogP contribution in [0.1, 0.15) is 33.2 Å². The summed E-state index contributed by atoms with van der Waals surface area (Å²) < 4.78 is 10.8. The summed E-state index contributed by atoms with van der Waals surface area (Å²) in [5.41, 5.74) is 3.35. The standard InChI is InChI=1S/C25H26N2O4/c1-3-30-16-17-31-22-14-8-19(9-15-22)24(28)26-20-10-12-21(13-11-20)27-25(29)23-7-5-4-6-18(23)2/h4-15H,3,16-17H2,1-2H3,(H,26,28)(H,27,29). The Morgan fingerprint density at radius 2 is 1.39 bits per heavy atom. The molecule has 31 heavy (non-hydrogen) atoms. The zero-order chi connectivity index (χ0) is 22.1. The summed E-state index contributed by atoms with van der Waals surface area (Å²) >= 11 is 0. The van der Waals surface area contributed by atoms with E-state index in [0.29, 0.717) is 48.1 Å². The third-order valence-corrected chi connectivity index (χ3v) is 4.61. The van der Waals surface area contributed by atoms with E-state index in [1.807, 2.05) is 32.0 Å². The lowest BCUT2D eigenvalue weighted by Gasteiger charge is -2.10. The van der Waals surface area contributed by atoms with Crippen molar-refractivity contribution in [2.45, 2.75) is 13.8 Å². The number of benzene rings is 3. The van der Waals surface area contributed by atoms with E-state index in [0.717, 1.165) is 5.56 Å². The topological polar surface area (TPSA) is 76.7 Å². The summed E-state index contributed by atoms with van der Waals surface area (Å²) in [6, 6.07) is 21.3. The molecule has 0 bridgehead atoms. The number of hydrogen-bond acceptors (Lipinski definition) is 4. The van der Waals surface area contributed by atoms with Gasteiger partial charge < -0.3 is 20.1 Å². The minimum Gasteiger partial charge on any atom is -0.491 e. The molecule has 2 N–H and O–H groups in total. The predicted octanol–water partition coefficient (Wildman–Crippen LogP) is 4.91. The molecule has 2 amide bonds. The molecular weight excluding hydrogens is 392 g/mol. The van der Waals surface area contributed by atoms with Crippen LogP contribution in [0.15, 0.2) is 72.8 Å². The smallest absolute Gasteiger partial charge is 0.255 e. The lowest BCUT2D eigenvalue weighted by molar-refractivity contribution is 0.101. The monoisotopic (exact) mass is 418 g/mol. The summed E-state index contributed by atoms with van der Waals surface area (Å²) in [5, 5.41) is 5.71. The number of hydrogen-bond donors (Lipinski definition) is 2. The molecule has 0 heterocycles. The van der Waals surface area contributed by atoms with Crippen LogP contribution >= 0.6 is 0 Å². The van der Waals surface area contributed by atoms with Gasteiger partial charge in [0.25, 0.3) is 11.8 Å². The molecule has 0 fully saturated rings. The molecule has 0 radical (unpaired) electrons. The number of rotatable bonds is 9. The molecule has 3 aromatic rings. The Morgan fingerprint density at radius 1 is 0.774 bits per heavy atom. The SMILES string of the molecule is CCOCCOc1ccc(C(=O)Nc2ccc(NC(=O)c3ccccc3C)cc2)cc1. The van der Waals surface area contributed by atoms with Crippen LogP contribution in [0.2, 0.25) is 0 Å². The predicted molar refractivity (Wildman–Crippen MR) is 122 cm³/mol. The second-order valence-electron chi connectivity index (χ2n) is 6.87. The minimum absolute atomic E-state index is 0.168. The number of carbonyl (C=O) groups excluding carboxylic acids is 2. The van der Waals surface area contributed by atoms with Crippen molar-refractivity contribution < 1.29 is 19.1 Å². The van der Waals surface area contributed by atoms with Crippen molar-refractivity contribution in [3.05, 3.63) is 89.5 Å². The fourth-order valence-corrected chi connectivity index (χ4v) is 2.93. The Morgan fingerprint density at radius 3 is 2.00 bits per heavy atom. The highest BCUT2D eigenvalue weighted by atomic mass is 16.5. The molecule has 3 rings (SSSR count). The van der Waals surface area contributed by atoms with Gasteiger partial charge in [-0.2, -0.15) is 0 Å². The molecule has 0 aliphatic heterocycles. The minimum atomic E-state index is -0.224. The third kappa shape index (κ3) is 6.42. The maximum Gasteiger partial charge on any atom is 0.255 e. The summed E-state index contributed by atoms with van der Waals surface area (Å²) in [4.78, 5) is 24.9. The first kappa shape index (κ1) is 22.1. The number of aryl methyl sites for hydroxylation is 1. The Labute approximate surface area is 182 Å². The van der Waals surface area contributed by atoms with Gasteiger partial charge in [-0.1, -0.05) is 18.2 Å². The lowest BCUT2D eigenvalue weighted by Crippen LogP contribution is -2.14. The average molecular weight is 418 g/mol. The van der Waals surface area contributed by atoms with Crippen LogP contribution in [0.5, 0.6) is 5.75 Å². The Kier molecular flexibility index (Phi) is 7.79. The van der Waals surface area contributed by atoms with Crippen molar-refractivity contribution in [2.75, 3.05) is 30.5 Å². The molecule has 0 atom stereocenters. The second kappa shape index (κ2) is 10.9. The number of nitrogens with one attached hydrogen (secondary N) is 2. The van der Waals surface area contributed by atoms with Gasteiger partial charge in [0.2, 0.25) is 0 Å². The molecule has 0 saturated heterocycles. The molecule has 3 aromatic carbocycles. The molecular formula is C25H26N2O4. The first-order chi connectivity index (χ1) is 15.1. The van der Waals surface area contributed by atoms with Gasteiger partial charge in [-0.25, -0.2) is 0 Å². The summed E-state index contributed by atoms with van der Waals surface area (Å²) in [6.07, 6.45) is 0. The van der Waals surface area contributed by atoms with Crippen molar-refractivity contribution in [2.24, 2.45) is 0 Å². The lowest BCUT2D eigenvalue weighted by atomic mass is 10.1. The van der Waals surface area contributed by atoms with Gasteiger partial charge in [-0.15, -0.1) is 0 Å². The van der Waals surface area contributed by atoms with Crippen molar-refractivity contribution in [1.82, 2.24) is 0 Å². The highest BCUT2D eigenvalue weighted by Gasteiger charge is 2.10. The molecule has 0 saturated carbocycles. The zero-order valence-corrected chi connectivity index (χ0v) is 17.7. The molecule has 0 unspecified atom stereocenters. The molecule has 0 aliphatic carbocycles. The quantitative estimate of drug-likeness (QED) is 0.484. The number of amides is 2. The fraction of sp³-hybridized carbons (Fsp3) is 0.200. The molecule has 0 aromatic heterocycles. The van der Waals surface area contributed by atoms with E-state index >= 15 is 0 Å².